The molecular formula is C30H28N4OS. The van der Waals surface area contributed by atoms with E-state index in [0.717, 1.165) is 33.5 Å². The highest BCUT2D eigenvalue weighted by Gasteiger charge is 2.41. The number of nitrogens with zero attached hydrogens (tertiary/aromatic N) is 3. The minimum Gasteiger partial charge on any atom is -0.361 e. The number of amides is 1. The van der Waals surface area contributed by atoms with Crippen LogP contribution >= 0.6 is 11.8 Å². The lowest BCUT2D eigenvalue weighted by Crippen LogP contribution is -2.41. The molecule has 36 heavy (non-hydrogen) atoms. The molecule has 0 bridgehead atoms. The third-order valence-corrected chi connectivity index (χ3v) is 7.83. The largest absolute Gasteiger partial charge is 0.361 e. The van der Waals surface area contributed by atoms with Gasteiger partial charge in [-0.05, 0) is 40.3 Å². The number of thioether (sulfide) groups is 1. The summed E-state index contributed by atoms with van der Waals surface area (Å²) in [6.45, 7) is 6.66. The molecule has 1 amide bonds. The Morgan fingerprint density at radius 1 is 0.972 bits per heavy atom. The Morgan fingerprint density at radius 2 is 1.72 bits per heavy atom. The van der Waals surface area contributed by atoms with Crippen LogP contribution in [0.5, 0.6) is 0 Å². The number of nitrogens with one attached hydrogen (secondary N) is 1. The predicted octanol–water partition coefficient (Wildman–Crippen LogP) is 6.60. The summed E-state index contributed by atoms with van der Waals surface area (Å²) in [7, 11) is 0. The first-order chi connectivity index (χ1) is 17.4. The third-order valence-electron chi connectivity index (χ3n) is 6.82. The molecule has 0 spiro atoms. The summed E-state index contributed by atoms with van der Waals surface area (Å²) in [5.74, 6) is 1.43. The molecule has 0 radical (unpaired) electrons. The Balaban J connectivity index is 1.28. The SMILES string of the molecule is CC(C)(C)c1ccc(CSC2=Nc3ccccc3C3=N[C@H](Cc4c[nH]c5ccccc45)C(=O)N23)cc1. The molecule has 0 aliphatic carbocycles. The number of carbonyl (C=O) groups is 1. The highest BCUT2D eigenvalue weighted by molar-refractivity contribution is 8.13. The van der Waals surface area contributed by atoms with Crippen LogP contribution in [0.15, 0.2) is 89.0 Å². The van der Waals surface area contributed by atoms with Gasteiger partial charge in [0.25, 0.3) is 5.91 Å². The minimum atomic E-state index is -0.470. The topological polar surface area (TPSA) is 60.8 Å². The zero-order valence-electron chi connectivity index (χ0n) is 20.7. The van der Waals surface area contributed by atoms with E-state index < -0.39 is 6.04 Å². The van der Waals surface area contributed by atoms with Gasteiger partial charge < -0.3 is 4.98 Å². The number of aliphatic imine (C=N–C) groups is 2. The minimum absolute atomic E-state index is 0.0147. The Bertz CT molecular complexity index is 1520. The second-order valence-corrected chi connectivity index (χ2v) is 11.3. The second-order valence-electron chi connectivity index (χ2n) is 10.4. The average Bonchev–Trinajstić information content (AvgIpc) is 3.44. The van der Waals surface area contributed by atoms with Crippen LogP contribution in [0, 0.1) is 0 Å². The van der Waals surface area contributed by atoms with Gasteiger partial charge in [0.2, 0.25) is 0 Å². The van der Waals surface area contributed by atoms with Gasteiger partial charge in [-0.1, -0.05) is 87.1 Å². The fourth-order valence-electron chi connectivity index (χ4n) is 4.79. The van der Waals surface area contributed by atoms with Crippen LogP contribution in [0.4, 0.5) is 5.69 Å². The summed E-state index contributed by atoms with van der Waals surface area (Å²) in [6, 6.07) is 24.4. The van der Waals surface area contributed by atoms with E-state index in [1.165, 1.54) is 11.1 Å². The lowest BCUT2D eigenvalue weighted by atomic mass is 9.87. The van der Waals surface area contributed by atoms with E-state index >= 15 is 0 Å². The van der Waals surface area contributed by atoms with Gasteiger partial charge in [0.05, 0.1) is 5.69 Å². The fraction of sp³-hybridized carbons (Fsp3) is 0.233. The molecule has 3 heterocycles. The van der Waals surface area contributed by atoms with Crippen molar-refractivity contribution < 1.29 is 4.79 Å². The van der Waals surface area contributed by atoms with E-state index in [-0.39, 0.29) is 11.3 Å². The number of aromatic amines is 1. The van der Waals surface area contributed by atoms with Gasteiger partial charge in [-0.25, -0.2) is 9.89 Å². The van der Waals surface area contributed by atoms with Crippen molar-refractivity contribution in [1.29, 1.82) is 0 Å². The van der Waals surface area contributed by atoms with E-state index in [9.17, 15) is 4.79 Å². The van der Waals surface area contributed by atoms with Crippen LogP contribution in [0.1, 0.15) is 43.0 Å². The lowest BCUT2D eigenvalue weighted by Gasteiger charge is -2.25. The molecule has 2 aliphatic heterocycles. The molecule has 0 unspecified atom stereocenters. The number of benzene rings is 3. The molecule has 1 aromatic heterocycles. The number of rotatable bonds is 4. The summed E-state index contributed by atoms with van der Waals surface area (Å²) < 4.78 is 0. The molecule has 0 saturated carbocycles. The van der Waals surface area contributed by atoms with E-state index in [4.69, 9.17) is 9.98 Å². The Labute approximate surface area is 215 Å². The highest BCUT2D eigenvalue weighted by Crippen LogP contribution is 2.35. The normalized spacial score (nSPS) is 17.1. The number of H-pyrrole nitrogens is 1. The molecule has 2 aliphatic rings. The number of hydrogen-bond acceptors (Lipinski definition) is 4. The smallest absolute Gasteiger partial charge is 0.259 e. The predicted molar refractivity (Wildman–Crippen MR) is 149 cm³/mol. The molecule has 0 fully saturated rings. The summed E-state index contributed by atoms with van der Waals surface area (Å²) >= 11 is 1.59. The molecule has 3 aromatic carbocycles. The molecule has 0 saturated heterocycles. The van der Waals surface area contributed by atoms with Crippen molar-refractivity contribution in [2.24, 2.45) is 9.98 Å². The van der Waals surface area contributed by atoms with Crippen LogP contribution < -0.4 is 0 Å². The number of fused-ring (bicyclic) bond motifs is 4. The van der Waals surface area contributed by atoms with Crippen molar-refractivity contribution in [3.05, 3.63) is 101 Å². The average molecular weight is 493 g/mol. The standard InChI is InChI=1S/C30H28N4OS/c1-30(2,3)21-14-12-19(13-15-21)18-36-29-33-25-11-7-5-9-23(25)27-32-26(28(35)34(27)29)16-20-17-31-24-10-6-4-8-22(20)24/h4-15,17,26,31H,16,18H2,1-3H3/t26-/m1/s1. The number of amidine groups is 2. The van der Waals surface area contributed by atoms with Crippen molar-refractivity contribution in [1.82, 2.24) is 9.88 Å². The molecule has 6 heteroatoms. The summed E-state index contributed by atoms with van der Waals surface area (Å²) in [6.07, 6.45) is 2.55. The summed E-state index contributed by atoms with van der Waals surface area (Å²) in [5.41, 5.74) is 6.58. The van der Waals surface area contributed by atoms with Gasteiger partial charge in [-0.15, -0.1) is 0 Å². The highest BCUT2D eigenvalue weighted by atomic mass is 32.2. The first-order valence-electron chi connectivity index (χ1n) is 12.3. The molecule has 6 rings (SSSR count). The number of para-hydroxylation sites is 2. The quantitative estimate of drug-likeness (QED) is 0.349. The van der Waals surface area contributed by atoms with Crippen molar-refractivity contribution in [3.63, 3.8) is 0 Å². The van der Waals surface area contributed by atoms with Gasteiger partial charge in [0.15, 0.2) is 5.17 Å². The second kappa shape index (κ2) is 8.79. The van der Waals surface area contributed by atoms with E-state index in [2.05, 4.69) is 62.2 Å². The van der Waals surface area contributed by atoms with Crippen LogP contribution in [-0.2, 0) is 22.4 Å². The molecule has 5 nitrogen and oxygen atoms in total. The maximum absolute atomic E-state index is 13.7. The van der Waals surface area contributed by atoms with E-state index in [0.29, 0.717) is 17.4 Å². The van der Waals surface area contributed by atoms with Crippen LogP contribution in [0.2, 0.25) is 0 Å². The number of hydrogen-bond donors (Lipinski definition) is 1. The Kier molecular flexibility index (Phi) is 5.56. The third kappa shape index (κ3) is 4.05. The van der Waals surface area contributed by atoms with Gasteiger partial charge in [0.1, 0.15) is 11.9 Å². The zero-order chi connectivity index (χ0) is 24.9. The van der Waals surface area contributed by atoms with Crippen molar-refractivity contribution >= 4 is 45.3 Å². The van der Waals surface area contributed by atoms with Crippen molar-refractivity contribution in [2.75, 3.05) is 0 Å². The fourth-order valence-corrected chi connectivity index (χ4v) is 5.75. The zero-order valence-corrected chi connectivity index (χ0v) is 21.5. The molecular weight excluding hydrogens is 464 g/mol. The first kappa shape index (κ1) is 22.8. The molecule has 1 atom stereocenters. The van der Waals surface area contributed by atoms with Crippen LogP contribution in [0.3, 0.4) is 0 Å². The number of carbonyl (C=O) groups excluding carboxylic acids is 1. The van der Waals surface area contributed by atoms with Crippen LogP contribution in [0.25, 0.3) is 10.9 Å². The van der Waals surface area contributed by atoms with E-state index in [1.807, 2.05) is 42.6 Å². The van der Waals surface area contributed by atoms with E-state index in [1.54, 1.807) is 16.7 Å². The summed E-state index contributed by atoms with van der Waals surface area (Å²) in [5, 5.41) is 1.83. The number of aromatic nitrogens is 1. The maximum Gasteiger partial charge on any atom is 0.259 e. The Morgan fingerprint density at radius 3 is 2.53 bits per heavy atom. The molecule has 4 aromatic rings. The van der Waals surface area contributed by atoms with Gasteiger partial charge in [-0.3, -0.25) is 9.79 Å². The van der Waals surface area contributed by atoms with Gasteiger partial charge in [0, 0.05) is 34.8 Å². The van der Waals surface area contributed by atoms with Gasteiger partial charge in [-0.2, -0.15) is 0 Å². The lowest BCUT2D eigenvalue weighted by molar-refractivity contribution is -0.124. The monoisotopic (exact) mass is 492 g/mol. The summed E-state index contributed by atoms with van der Waals surface area (Å²) in [4.78, 5) is 28.6. The van der Waals surface area contributed by atoms with Crippen molar-refractivity contribution in [2.45, 2.75) is 44.4 Å². The maximum atomic E-state index is 13.7. The van der Waals surface area contributed by atoms with Crippen LogP contribution in [-0.4, -0.2) is 32.8 Å². The Hall–Kier alpha value is -3.64. The molecule has 180 valence electrons. The van der Waals surface area contributed by atoms with Crippen molar-refractivity contribution in [3.8, 4) is 0 Å². The molecule has 1 N–H and O–H groups in total. The van der Waals surface area contributed by atoms with Gasteiger partial charge >= 0.3 is 0 Å². The first-order valence-corrected chi connectivity index (χ1v) is 13.2.